The molecule has 0 spiro atoms. The highest BCUT2D eigenvalue weighted by Crippen LogP contribution is 2.28. The molecule has 2 aromatic rings. The van der Waals surface area contributed by atoms with Gasteiger partial charge in [-0.25, -0.2) is 4.98 Å². The van der Waals surface area contributed by atoms with Gasteiger partial charge in [0.2, 0.25) is 6.29 Å². The number of fused-ring (bicyclic) bond motifs is 1. The molecule has 0 amide bonds. The zero-order valence-corrected chi connectivity index (χ0v) is 8.97. The Labute approximate surface area is 89.9 Å². The third kappa shape index (κ3) is 1.74. The molecule has 1 heterocycles. The maximum atomic E-state index is 9.39. The van der Waals surface area contributed by atoms with Crippen LogP contribution in [-0.4, -0.2) is 17.2 Å². The maximum absolute atomic E-state index is 9.39. The molecule has 0 fully saturated rings. The van der Waals surface area contributed by atoms with Gasteiger partial charge in [-0.2, -0.15) is 0 Å². The zero-order valence-electron chi connectivity index (χ0n) is 7.40. The van der Waals surface area contributed by atoms with Crippen LogP contribution in [-0.2, 0) is 4.74 Å². The molecule has 0 aliphatic carbocycles. The molecule has 2 rings (SSSR count). The number of aliphatic hydroxyl groups excluding tert-OH is 1. The van der Waals surface area contributed by atoms with E-state index >= 15 is 0 Å². The van der Waals surface area contributed by atoms with Gasteiger partial charge in [0.15, 0.2) is 0 Å². The summed E-state index contributed by atoms with van der Waals surface area (Å²) in [5, 5.41) is 10.6. The van der Waals surface area contributed by atoms with Crippen LogP contribution in [0.2, 0.25) is 5.02 Å². The first kappa shape index (κ1) is 9.86. The fourth-order valence-electron chi connectivity index (χ4n) is 1.12. The number of rotatable bonds is 2. The van der Waals surface area contributed by atoms with Crippen molar-refractivity contribution >= 4 is 33.2 Å². The topological polar surface area (TPSA) is 42.4 Å². The van der Waals surface area contributed by atoms with Crippen molar-refractivity contribution in [2.75, 3.05) is 7.11 Å². The molecule has 1 atom stereocenters. The van der Waals surface area contributed by atoms with E-state index in [1.807, 2.05) is 12.1 Å². The molecule has 1 unspecified atom stereocenters. The Morgan fingerprint density at radius 3 is 3.07 bits per heavy atom. The van der Waals surface area contributed by atoms with Crippen LogP contribution in [0, 0.1) is 0 Å². The van der Waals surface area contributed by atoms with E-state index in [9.17, 15) is 5.11 Å². The van der Waals surface area contributed by atoms with E-state index in [-0.39, 0.29) is 0 Å². The largest absolute Gasteiger partial charge is 0.362 e. The molecule has 1 aromatic carbocycles. The summed E-state index contributed by atoms with van der Waals surface area (Å²) < 4.78 is 5.71. The molecule has 1 N–H and O–H groups in total. The third-order valence-corrected chi connectivity index (χ3v) is 3.09. The first-order valence-corrected chi connectivity index (χ1v) is 5.17. The number of hydrogen-bond acceptors (Lipinski definition) is 4. The summed E-state index contributed by atoms with van der Waals surface area (Å²) in [6.45, 7) is 0. The van der Waals surface area contributed by atoms with Crippen LogP contribution >= 0.6 is 22.9 Å². The molecular formula is C9H8ClNO2S. The minimum Gasteiger partial charge on any atom is -0.362 e. The summed E-state index contributed by atoms with van der Waals surface area (Å²) in [5.74, 6) is 0. The Hall–Kier alpha value is -0.680. The lowest BCUT2D eigenvalue weighted by atomic mass is 10.3. The number of aromatic nitrogens is 1. The lowest BCUT2D eigenvalue weighted by Gasteiger charge is -2.01. The normalized spacial score (nSPS) is 13.4. The van der Waals surface area contributed by atoms with Gasteiger partial charge < -0.3 is 9.84 Å². The van der Waals surface area contributed by atoms with Gasteiger partial charge in [0.25, 0.3) is 0 Å². The predicted octanol–water partition coefficient (Wildman–Crippen LogP) is 2.59. The van der Waals surface area contributed by atoms with E-state index in [1.54, 1.807) is 6.07 Å². The van der Waals surface area contributed by atoms with Crippen molar-refractivity contribution in [3.8, 4) is 0 Å². The zero-order chi connectivity index (χ0) is 10.1. The second-order valence-electron chi connectivity index (χ2n) is 2.75. The molecule has 0 bridgehead atoms. The first-order valence-electron chi connectivity index (χ1n) is 3.97. The average Bonchev–Trinajstić information content (AvgIpc) is 2.59. The van der Waals surface area contributed by atoms with Crippen molar-refractivity contribution in [1.82, 2.24) is 4.98 Å². The lowest BCUT2D eigenvalue weighted by molar-refractivity contribution is -0.0768. The monoisotopic (exact) mass is 229 g/mol. The Morgan fingerprint density at radius 2 is 2.36 bits per heavy atom. The van der Waals surface area contributed by atoms with E-state index in [0.717, 1.165) is 10.2 Å². The number of aliphatic hydroxyl groups is 1. The van der Waals surface area contributed by atoms with Gasteiger partial charge in [-0.3, -0.25) is 0 Å². The highest BCUT2D eigenvalue weighted by atomic mass is 35.5. The van der Waals surface area contributed by atoms with Gasteiger partial charge in [0, 0.05) is 12.1 Å². The Kier molecular flexibility index (Phi) is 2.69. The fraction of sp³-hybridized carbons (Fsp3) is 0.222. The molecule has 0 aliphatic heterocycles. The summed E-state index contributed by atoms with van der Waals surface area (Å²) in [6.07, 6.45) is -0.953. The summed E-state index contributed by atoms with van der Waals surface area (Å²) in [4.78, 5) is 4.21. The quantitative estimate of drug-likeness (QED) is 0.805. The van der Waals surface area contributed by atoms with Gasteiger partial charge in [-0.1, -0.05) is 11.6 Å². The van der Waals surface area contributed by atoms with Gasteiger partial charge in [-0.05, 0) is 18.2 Å². The maximum Gasteiger partial charge on any atom is 0.208 e. The molecule has 1 aromatic heterocycles. The van der Waals surface area contributed by atoms with E-state index < -0.39 is 6.29 Å². The van der Waals surface area contributed by atoms with Crippen molar-refractivity contribution < 1.29 is 9.84 Å². The van der Waals surface area contributed by atoms with Crippen molar-refractivity contribution in [3.63, 3.8) is 0 Å². The van der Waals surface area contributed by atoms with Crippen LogP contribution in [0.3, 0.4) is 0 Å². The molecule has 14 heavy (non-hydrogen) atoms. The van der Waals surface area contributed by atoms with E-state index in [2.05, 4.69) is 4.98 Å². The summed E-state index contributed by atoms with van der Waals surface area (Å²) in [7, 11) is 1.43. The number of methoxy groups -OCH3 is 1. The van der Waals surface area contributed by atoms with E-state index in [1.165, 1.54) is 18.4 Å². The second kappa shape index (κ2) is 3.82. The molecule has 3 nitrogen and oxygen atoms in total. The van der Waals surface area contributed by atoms with Crippen molar-refractivity contribution in [2.24, 2.45) is 0 Å². The minimum atomic E-state index is -0.953. The minimum absolute atomic E-state index is 0.546. The lowest BCUT2D eigenvalue weighted by Crippen LogP contribution is -1.97. The van der Waals surface area contributed by atoms with E-state index in [0.29, 0.717) is 10.0 Å². The molecular weight excluding hydrogens is 222 g/mol. The smallest absolute Gasteiger partial charge is 0.208 e. The molecule has 0 saturated carbocycles. The fourth-order valence-corrected chi connectivity index (χ4v) is 2.33. The molecule has 74 valence electrons. The number of ether oxygens (including phenoxy) is 1. The number of nitrogens with zero attached hydrogens (tertiary/aromatic N) is 1. The second-order valence-corrected chi connectivity index (χ2v) is 4.25. The van der Waals surface area contributed by atoms with Crippen LogP contribution in [0.1, 0.15) is 11.3 Å². The highest BCUT2D eigenvalue weighted by molar-refractivity contribution is 7.18. The molecule has 0 aliphatic rings. The van der Waals surface area contributed by atoms with Crippen molar-refractivity contribution in [1.29, 1.82) is 0 Å². The van der Waals surface area contributed by atoms with Crippen LogP contribution in [0.5, 0.6) is 0 Å². The van der Waals surface area contributed by atoms with Crippen molar-refractivity contribution in [2.45, 2.75) is 6.29 Å². The summed E-state index contributed by atoms with van der Waals surface area (Å²) in [5.41, 5.74) is 0.825. The van der Waals surface area contributed by atoms with E-state index in [4.69, 9.17) is 16.3 Å². The number of thiazole rings is 1. The first-order chi connectivity index (χ1) is 6.70. The van der Waals surface area contributed by atoms with Crippen molar-refractivity contribution in [3.05, 3.63) is 28.2 Å². The van der Waals surface area contributed by atoms with Gasteiger partial charge in [0.05, 0.1) is 10.2 Å². The van der Waals surface area contributed by atoms with Gasteiger partial charge in [0.1, 0.15) is 5.01 Å². The predicted molar refractivity (Wildman–Crippen MR) is 56.6 cm³/mol. The van der Waals surface area contributed by atoms with Gasteiger partial charge in [-0.15, -0.1) is 11.3 Å². The summed E-state index contributed by atoms with van der Waals surface area (Å²) in [6, 6.07) is 5.41. The van der Waals surface area contributed by atoms with Crippen LogP contribution in [0.4, 0.5) is 0 Å². The Bertz CT molecular complexity index is 457. The molecule has 0 radical (unpaired) electrons. The van der Waals surface area contributed by atoms with Crippen LogP contribution in [0.25, 0.3) is 10.2 Å². The molecule has 5 heteroatoms. The summed E-state index contributed by atoms with van der Waals surface area (Å²) >= 11 is 7.20. The Balaban J connectivity index is 2.51. The number of hydrogen-bond donors (Lipinski definition) is 1. The van der Waals surface area contributed by atoms with Crippen LogP contribution in [0.15, 0.2) is 18.2 Å². The standard InChI is InChI=1S/C9H8ClNO2S/c1-13-9(12)8-11-6-3-2-5(10)4-7(6)14-8/h2-4,9,12H,1H3. The Morgan fingerprint density at radius 1 is 1.57 bits per heavy atom. The third-order valence-electron chi connectivity index (χ3n) is 1.80. The highest BCUT2D eigenvalue weighted by Gasteiger charge is 2.11. The number of benzene rings is 1. The SMILES string of the molecule is COC(O)c1nc2ccc(Cl)cc2s1. The molecule has 0 saturated heterocycles. The average molecular weight is 230 g/mol. The van der Waals surface area contributed by atoms with Crippen LogP contribution < -0.4 is 0 Å². The van der Waals surface area contributed by atoms with Gasteiger partial charge >= 0.3 is 0 Å². The number of halogens is 1.